The highest BCUT2D eigenvalue weighted by Gasteiger charge is 2.40. The van der Waals surface area contributed by atoms with Gasteiger partial charge >= 0.3 is 0 Å². The van der Waals surface area contributed by atoms with E-state index in [0.717, 1.165) is 11.5 Å². The van der Waals surface area contributed by atoms with E-state index in [0.29, 0.717) is 5.92 Å². The Bertz CT molecular complexity index is 307. The van der Waals surface area contributed by atoms with Crippen LogP contribution in [0.5, 0.6) is 0 Å². The first-order chi connectivity index (χ1) is 6.72. The van der Waals surface area contributed by atoms with Crippen LogP contribution in [-0.4, -0.2) is 0 Å². The summed E-state index contributed by atoms with van der Waals surface area (Å²) < 4.78 is 12.7. The van der Waals surface area contributed by atoms with E-state index in [1.165, 1.54) is 25.0 Å². The van der Waals surface area contributed by atoms with Gasteiger partial charge in [-0.05, 0) is 36.0 Å². The Morgan fingerprint density at radius 2 is 2.07 bits per heavy atom. The Labute approximate surface area is 84.1 Å². The maximum atomic E-state index is 12.7. The van der Waals surface area contributed by atoms with E-state index in [9.17, 15) is 4.39 Å². The zero-order valence-electron chi connectivity index (χ0n) is 8.41. The average molecular weight is 193 g/mol. The molecule has 1 saturated carbocycles. The summed E-state index contributed by atoms with van der Waals surface area (Å²) in [5, 5.41) is 0. The predicted octanol–water partition coefficient (Wildman–Crippen LogP) is 2.87. The van der Waals surface area contributed by atoms with E-state index in [-0.39, 0.29) is 11.9 Å². The molecule has 2 rings (SSSR count). The van der Waals surface area contributed by atoms with Crippen LogP contribution in [0.15, 0.2) is 24.3 Å². The summed E-state index contributed by atoms with van der Waals surface area (Å²) in [5.74, 6) is 1.21. The Kier molecular flexibility index (Phi) is 2.55. The maximum Gasteiger partial charge on any atom is 0.123 e. The second kappa shape index (κ2) is 3.70. The Morgan fingerprint density at radius 3 is 2.57 bits per heavy atom. The van der Waals surface area contributed by atoms with Crippen molar-refractivity contribution in [1.29, 1.82) is 0 Å². The minimum Gasteiger partial charge on any atom is -0.324 e. The SMILES string of the molecule is CCC1CC1C(N)c1ccc(F)cc1. The summed E-state index contributed by atoms with van der Waals surface area (Å²) in [7, 11) is 0. The molecule has 1 aliphatic rings. The van der Waals surface area contributed by atoms with Gasteiger partial charge in [-0.1, -0.05) is 25.5 Å². The van der Waals surface area contributed by atoms with Gasteiger partial charge in [-0.2, -0.15) is 0 Å². The maximum absolute atomic E-state index is 12.7. The minimum atomic E-state index is -0.191. The average Bonchev–Trinajstić information content (AvgIpc) is 2.97. The van der Waals surface area contributed by atoms with Crippen LogP contribution in [0.3, 0.4) is 0 Å². The molecule has 0 radical (unpaired) electrons. The number of halogens is 1. The summed E-state index contributed by atoms with van der Waals surface area (Å²) in [6, 6.07) is 6.66. The summed E-state index contributed by atoms with van der Waals surface area (Å²) in [6.07, 6.45) is 2.44. The molecule has 14 heavy (non-hydrogen) atoms. The van der Waals surface area contributed by atoms with Crippen molar-refractivity contribution in [3.8, 4) is 0 Å². The smallest absolute Gasteiger partial charge is 0.123 e. The molecule has 0 aromatic heterocycles. The van der Waals surface area contributed by atoms with Crippen LogP contribution in [0, 0.1) is 17.7 Å². The van der Waals surface area contributed by atoms with Gasteiger partial charge in [-0.3, -0.25) is 0 Å². The van der Waals surface area contributed by atoms with Gasteiger partial charge in [0.2, 0.25) is 0 Å². The summed E-state index contributed by atoms with van der Waals surface area (Å²) in [6.45, 7) is 2.20. The number of nitrogens with two attached hydrogens (primary N) is 1. The number of rotatable bonds is 3. The highest BCUT2D eigenvalue weighted by Crippen LogP contribution is 2.47. The lowest BCUT2D eigenvalue weighted by Crippen LogP contribution is -2.13. The molecule has 2 N–H and O–H groups in total. The molecule has 3 unspecified atom stereocenters. The van der Waals surface area contributed by atoms with Crippen molar-refractivity contribution in [2.24, 2.45) is 17.6 Å². The second-order valence-electron chi connectivity index (χ2n) is 4.15. The third-order valence-corrected chi connectivity index (χ3v) is 3.22. The van der Waals surface area contributed by atoms with Crippen molar-refractivity contribution in [2.75, 3.05) is 0 Å². The van der Waals surface area contributed by atoms with Gasteiger partial charge in [0.15, 0.2) is 0 Å². The van der Waals surface area contributed by atoms with E-state index >= 15 is 0 Å². The van der Waals surface area contributed by atoms with E-state index in [2.05, 4.69) is 6.92 Å². The molecular formula is C12H16FN. The van der Waals surface area contributed by atoms with Crippen LogP contribution in [0.1, 0.15) is 31.4 Å². The lowest BCUT2D eigenvalue weighted by Gasteiger charge is -2.11. The Morgan fingerprint density at radius 1 is 1.43 bits per heavy atom. The van der Waals surface area contributed by atoms with Crippen molar-refractivity contribution in [2.45, 2.75) is 25.8 Å². The molecule has 1 nitrogen and oxygen atoms in total. The lowest BCUT2D eigenvalue weighted by molar-refractivity contribution is 0.564. The third kappa shape index (κ3) is 1.80. The molecule has 1 fully saturated rings. The highest BCUT2D eigenvalue weighted by atomic mass is 19.1. The summed E-state index contributed by atoms with van der Waals surface area (Å²) in [5.41, 5.74) is 7.16. The minimum absolute atomic E-state index is 0.0977. The molecule has 1 aliphatic carbocycles. The van der Waals surface area contributed by atoms with Crippen molar-refractivity contribution in [3.05, 3.63) is 35.6 Å². The number of benzene rings is 1. The van der Waals surface area contributed by atoms with E-state index in [4.69, 9.17) is 5.73 Å². The van der Waals surface area contributed by atoms with Crippen molar-refractivity contribution < 1.29 is 4.39 Å². The molecule has 0 heterocycles. The van der Waals surface area contributed by atoms with Gasteiger partial charge in [0.05, 0.1) is 0 Å². The van der Waals surface area contributed by atoms with E-state index in [1.54, 1.807) is 12.1 Å². The largest absolute Gasteiger partial charge is 0.324 e. The fraction of sp³-hybridized carbons (Fsp3) is 0.500. The quantitative estimate of drug-likeness (QED) is 0.784. The van der Waals surface area contributed by atoms with Gasteiger partial charge in [0, 0.05) is 6.04 Å². The lowest BCUT2D eigenvalue weighted by atomic mass is 10.0. The molecule has 1 aromatic rings. The molecule has 0 aliphatic heterocycles. The zero-order chi connectivity index (χ0) is 10.1. The Balaban J connectivity index is 2.05. The number of hydrogen-bond donors (Lipinski definition) is 1. The monoisotopic (exact) mass is 193 g/mol. The zero-order valence-corrected chi connectivity index (χ0v) is 8.41. The summed E-state index contributed by atoms with van der Waals surface area (Å²) in [4.78, 5) is 0. The van der Waals surface area contributed by atoms with Crippen molar-refractivity contribution in [3.63, 3.8) is 0 Å². The fourth-order valence-corrected chi connectivity index (χ4v) is 2.11. The molecule has 0 bridgehead atoms. The normalized spacial score (nSPS) is 27.4. The molecule has 0 spiro atoms. The standard InChI is InChI=1S/C12H16FN/c1-2-8-7-11(8)12(14)9-3-5-10(13)6-4-9/h3-6,8,11-12H,2,7,14H2,1H3. The van der Waals surface area contributed by atoms with E-state index in [1.807, 2.05) is 0 Å². The molecule has 1 aromatic carbocycles. The van der Waals surface area contributed by atoms with Gasteiger partial charge in [-0.15, -0.1) is 0 Å². The number of hydrogen-bond acceptors (Lipinski definition) is 1. The summed E-state index contributed by atoms with van der Waals surface area (Å²) >= 11 is 0. The molecule has 0 amide bonds. The predicted molar refractivity (Wildman–Crippen MR) is 55.2 cm³/mol. The van der Waals surface area contributed by atoms with E-state index < -0.39 is 0 Å². The first kappa shape index (κ1) is 9.66. The molecule has 0 saturated heterocycles. The third-order valence-electron chi connectivity index (χ3n) is 3.22. The fourth-order valence-electron chi connectivity index (χ4n) is 2.11. The van der Waals surface area contributed by atoms with Gasteiger partial charge in [0.1, 0.15) is 5.82 Å². The van der Waals surface area contributed by atoms with Crippen LogP contribution in [0.2, 0.25) is 0 Å². The van der Waals surface area contributed by atoms with Crippen molar-refractivity contribution in [1.82, 2.24) is 0 Å². The molecule has 2 heteroatoms. The second-order valence-corrected chi connectivity index (χ2v) is 4.15. The molecular weight excluding hydrogens is 177 g/mol. The first-order valence-electron chi connectivity index (χ1n) is 5.23. The van der Waals surface area contributed by atoms with Crippen LogP contribution >= 0.6 is 0 Å². The molecule has 3 atom stereocenters. The van der Waals surface area contributed by atoms with Gasteiger partial charge < -0.3 is 5.73 Å². The van der Waals surface area contributed by atoms with Gasteiger partial charge in [-0.25, -0.2) is 4.39 Å². The highest BCUT2D eigenvalue weighted by molar-refractivity contribution is 5.22. The van der Waals surface area contributed by atoms with Crippen LogP contribution in [-0.2, 0) is 0 Å². The first-order valence-corrected chi connectivity index (χ1v) is 5.23. The van der Waals surface area contributed by atoms with Crippen molar-refractivity contribution >= 4 is 0 Å². The van der Waals surface area contributed by atoms with Crippen LogP contribution in [0.4, 0.5) is 4.39 Å². The topological polar surface area (TPSA) is 26.0 Å². The van der Waals surface area contributed by atoms with Crippen LogP contribution < -0.4 is 5.73 Å². The van der Waals surface area contributed by atoms with Gasteiger partial charge in [0.25, 0.3) is 0 Å². The van der Waals surface area contributed by atoms with Crippen LogP contribution in [0.25, 0.3) is 0 Å². The Hall–Kier alpha value is -0.890. The molecule has 76 valence electrons.